The third-order valence-electron chi connectivity index (χ3n) is 0. The monoisotopic (exact) mass is 243 g/mol. The summed E-state index contributed by atoms with van der Waals surface area (Å²) in [7, 11) is 0. The van der Waals surface area contributed by atoms with E-state index in [1.807, 2.05) is 0 Å². The van der Waals surface area contributed by atoms with Crippen LogP contribution in [0.5, 0.6) is 0 Å². The summed E-state index contributed by atoms with van der Waals surface area (Å²) in [5, 5.41) is 0. The van der Waals surface area contributed by atoms with E-state index in [0.717, 1.165) is 0 Å². The second-order valence-corrected chi connectivity index (χ2v) is 0. The van der Waals surface area contributed by atoms with Crippen LogP contribution in [0.25, 0.3) is 0 Å². The molecule has 0 aromatic rings. The van der Waals surface area contributed by atoms with Gasteiger partial charge in [-0.2, -0.15) is 0 Å². The van der Waals surface area contributed by atoms with Crippen LogP contribution in [0.3, 0.4) is 0 Å². The molecule has 0 aliphatic carbocycles. The Hall–Kier alpha value is 0.568. The molecule has 0 saturated heterocycles. The van der Waals surface area contributed by atoms with Crippen molar-refractivity contribution >= 4 is 0 Å². The van der Waals surface area contributed by atoms with Crippen molar-refractivity contribution in [2.45, 2.75) is 0 Å². The van der Waals surface area contributed by atoms with Crippen molar-refractivity contribution < 1.29 is 37.5 Å². The molecule has 0 aromatic heterocycles. The van der Waals surface area contributed by atoms with Gasteiger partial charge in [-0.25, -0.2) is 0 Å². The van der Waals surface area contributed by atoms with E-state index in [2.05, 4.69) is 0 Å². The molecule has 3 nitrogen and oxygen atoms in total. The zero-order valence-corrected chi connectivity index (χ0v) is 3.81. The Morgan fingerprint density at radius 1 is 0.500 bits per heavy atom. The first-order valence-corrected chi connectivity index (χ1v) is 0. The van der Waals surface area contributed by atoms with Gasteiger partial charge in [-0.05, 0) is 0 Å². The SMILES string of the molecule is [O-2].[O-2].[O-2].[Pt]. The molecule has 0 atom stereocenters. The molecule has 34 valence electrons. The molecular formula is O3Pt-6. The fourth-order valence-corrected chi connectivity index (χ4v) is 0. The van der Waals surface area contributed by atoms with Crippen LogP contribution < -0.4 is 0 Å². The average Bonchev–Trinajstić information content (AvgIpc) is 0. The molecule has 4 heavy (non-hydrogen) atoms. The van der Waals surface area contributed by atoms with Crippen molar-refractivity contribution in [3.8, 4) is 0 Å². The van der Waals surface area contributed by atoms with Gasteiger partial charge in [-0.3, -0.25) is 0 Å². The smallest absolute Gasteiger partial charge is 0 e. The summed E-state index contributed by atoms with van der Waals surface area (Å²) in [6.45, 7) is 0. The van der Waals surface area contributed by atoms with E-state index in [9.17, 15) is 0 Å². The molecule has 0 aliphatic rings. The van der Waals surface area contributed by atoms with Crippen LogP contribution in [0, 0.1) is 0 Å². The minimum absolute atomic E-state index is 0. The van der Waals surface area contributed by atoms with Crippen LogP contribution in [0.4, 0.5) is 0 Å². The average molecular weight is 243 g/mol. The van der Waals surface area contributed by atoms with E-state index >= 15 is 0 Å². The molecule has 0 radical (unpaired) electrons. The first-order chi connectivity index (χ1) is 0. The number of hydrogen-bond donors (Lipinski definition) is 0. The van der Waals surface area contributed by atoms with Crippen molar-refractivity contribution in [3.63, 3.8) is 0 Å². The first-order valence-electron chi connectivity index (χ1n) is 0. The molecule has 0 bridgehead atoms. The quantitative estimate of drug-likeness (QED) is 0.556. The summed E-state index contributed by atoms with van der Waals surface area (Å²) >= 11 is 0. The van der Waals surface area contributed by atoms with Crippen LogP contribution >= 0.6 is 0 Å². The second kappa shape index (κ2) is 72.9. The Bertz CT molecular complexity index is 3.25. The Morgan fingerprint density at radius 2 is 0.500 bits per heavy atom. The predicted molar refractivity (Wildman–Crippen MR) is 2.06 cm³/mol. The Labute approximate surface area is 38.2 Å². The van der Waals surface area contributed by atoms with Gasteiger partial charge in [0.05, 0.1) is 0 Å². The molecule has 0 rings (SSSR count). The van der Waals surface area contributed by atoms with Crippen molar-refractivity contribution in [1.29, 1.82) is 0 Å². The van der Waals surface area contributed by atoms with E-state index in [4.69, 9.17) is 0 Å². The topological polar surface area (TPSA) is 85.5 Å². The molecule has 4 heteroatoms. The zero-order valence-electron chi connectivity index (χ0n) is 1.54. The van der Waals surface area contributed by atoms with E-state index in [1.165, 1.54) is 0 Å². The maximum atomic E-state index is 0. The van der Waals surface area contributed by atoms with Gasteiger partial charge < -0.3 is 16.4 Å². The molecule has 0 unspecified atom stereocenters. The van der Waals surface area contributed by atoms with Gasteiger partial charge in [-0.1, -0.05) is 0 Å². The van der Waals surface area contributed by atoms with E-state index in [1.54, 1.807) is 0 Å². The Balaban J connectivity index is 0. The van der Waals surface area contributed by atoms with Crippen LogP contribution in [0.15, 0.2) is 0 Å². The molecule has 0 aromatic carbocycles. The Morgan fingerprint density at radius 3 is 0.500 bits per heavy atom. The zero-order chi connectivity index (χ0) is 0. The molecule has 0 N–H and O–H groups in total. The Kier molecular flexibility index (Phi) is 3280. The largest absolute Gasteiger partial charge is 2.00 e. The van der Waals surface area contributed by atoms with Gasteiger partial charge in [0.25, 0.3) is 0 Å². The van der Waals surface area contributed by atoms with E-state index in [0.29, 0.717) is 0 Å². The van der Waals surface area contributed by atoms with Crippen LogP contribution in [-0.4, -0.2) is 0 Å². The predicted octanol–water partition coefficient (Wildman–Crippen LogP) is -0.359. The summed E-state index contributed by atoms with van der Waals surface area (Å²) in [6, 6.07) is 0. The van der Waals surface area contributed by atoms with Crippen LogP contribution in [-0.2, 0) is 37.5 Å². The number of rotatable bonds is 0. The standard InChI is InChI=1S/3O.Pt/q3*-2;. The second-order valence-electron chi connectivity index (χ2n) is 0. The van der Waals surface area contributed by atoms with Gasteiger partial charge in [0.15, 0.2) is 0 Å². The van der Waals surface area contributed by atoms with Crippen molar-refractivity contribution in [1.82, 2.24) is 0 Å². The maximum Gasteiger partial charge on any atom is 0 e. The molecule has 0 spiro atoms. The van der Waals surface area contributed by atoms with Gasteiger partial charge in [-0.15, -0.1) is 0 Å². The van der Waals surface area contributed by atoms with Crippen LogP contribution in [0.2, 0.25) is 0 Å². The summed E-state index contributed by atoms with van der Waals surface area (Å²) < 4.78 is 0. The summed E-state index contributed by atoms with van der Waals surface area (Å²) in [6.07, 6.45) is 0. The van der Waals surface area contributed by atoms with Crippen molar-refractivity contribution in [3.05, 3.63) is 0 Å². The molecular weight excluding hydrogens is 243 g/mol. The third kappa shape index (κ3) is 19.6. The summed E-state index contributed by atoms with van der Waals surface area (Å²) in [5.74, 6) is 0. The van der Waals surface area contributed by atoms with Crippen LogP contribution in [0.1, 0.15) is 0 Å². The molecule has 0 saturated carbocycles. The minimum atomic E-state index is 0. The van der Waals surface area contributed by atoms with Gasteiger partial charge >= 0.3 is 0 Å². The van der Waals surface area contributed by atoms with E-state index < -0.39 is 0 Å². The summed E-state index contributed by atoms with van der Waals surface area (Å²) in [4.78, 5) is 0. The van der Waals surface area contributed by atoms with E-state index in [-0.39, 0.29) is 37.5 Å². The van der Waals surface area contributed by atoms with Gasteiger partial charge in [0.1, 0.15) is 0 Å². The molecule has 0 fully saturated rings. The molecule has 0 amide bonds. The van der Waals surface area contributed by atoms with Gasteiger partial charge in [0, 0.05) is 21.1 Å². The maximum absolute atomic E-state index is 0. The van der Waals surface area contributed by atoms with Crippen molar-refractivity contribution in [2.24, 2.45) is 0 Å². The minimum Gasteiger partial charge on any atom is -2.00 e. The van der Waals surface area contributed by atoms with Gasteiger partial charge in [0.2, 0.25) is 0 Å². The van der Waals surface area contributed by atoms with Crippen molar-refractivity contribution in [2.75, 3.05) is 0 Å². The molecule has 0 aliphatic heterocycles. The summed E-state index contributed by atoms with van der Waals surface area (Å²) in [5.41, 5.74) is 0. The fourth-order valence-electron chi connectivity index (χ4n) is 0. The third-order valence-corrected chi connectivity index (χ3v) is 0. The first kappa shape index (κ1) is 180. The fraction of sp³-hybridized carbons (Fsp3) is 0. The molecule has 0 heterocycles. The number of hydrogen-bond acceptors (Lipinski definition) is 0. The normalized spacial score (nSPS) is 0.